The molecule has 1 amide bonds. The molecule has 3 aromatic rings. The molecule has 3 rings (SSSR count). The summed E-state index contributed by atoms with van der Waals surface area (Å²) in [4.78, 5) is 27.5. The zero-order chi connectivity index (χ0) is 19.6. The number of hydrogen-bond donors (Lipinski definition) is 2. The largest absolute Gasteiger partial charge is 0.448 e. The van der Waals surface area contributed by atoms with E-state index in [9.17, 15) is 9.59 Å². The van der Waals surface area contributed by atoms with Crippen LogP contribution >= 0.6 is 23.2 Å². The standard InChI is InChI=1S/C19H13Cl2N3O3/c1-10(18(25)23-12-7-6-11(9-22)14(20)8-12)27-19(26)17-16(21)13-4-2-3-5-15(13)24-17/h2-8,10,24H,1H3,(H,23,25). The topological polar surface area (TPSA) is 95.0 Å². The number of nitriles is 1. The Morgan fingerprint density at radius 3 is 2.63 bits per heavy atom. The van der Waals surface area contributed by atoms with E-state index in [-0.39, 0.29) is 15.7 Å². The summed E-state index contributed by atoms with van der Waals surface area (Å²) in [5.41, 5.74) is 1.45. The number of fused-ring (bicyclic) bond motifs is 1. The molecule has 0 bridgehead atoms. The van der Waals surface area contributed by atoms with Gasteiger partial charge in [0.2, 0.25) is 0 Å². The Hall–Kier alpha value is -3.01. The maximum Gasteiger partial charge on any atom is 0.357 e. The number of amides is 1. The molecule has 2 aromatic carbocycles. The summed E-state index contributed by atoms with van der Waals surface area (Å²) in [7, 11) is 0. The van der Waals surface area contributed by atoms with Gasteiger partial charge in [-0.3, -0.25) is 4.79 Å². The highest BCUT2D eigenvalue weighted by Gasteiger charge is 2.23. The molecule has 6 nitrogen and oxygen atoms in total. The van der Waals surface area contributed by atoms with Crippen molar-refractivity contribution in [3.63, 3.8) is 0 Å². The fourth-order valence-corrected chi connectivity index (χ4v) is 2.96. The highest BCUT2D eigenvalue weighted by molar-refractivity contribution is 6.38. The number of hydrogen-bond acceptors (Lipinski definition) is 4. The second kappa shape index (κ2) is 7.70. The molecular weight excluding hydrogens is 389 g/mol. The molecule has 0 saturated carbocycles. The van der Waals surface area contributed by atoms with Gasteiger partial charge in [-0.05, 0) is 31.2 Å². The number of para-hydroxylation sites is 1. The number of benzene rings is 2. The van der Waals surface area contributed by atoms with Crippen LogP contribution in [0.15, 0.2) is 42.5 Å². The Kier molecular flexibility index (Phi) is 5.36. The van der Waals surface area contributed by atoms with Gasteiger partial charge in [0.05, 0.1) is 15.6 Å². The molecule has 0 aliphatic carbocycles. The van der Waals surface area contributed by atoms with E-state index in [4.69, 9.17) is 33.2 Å². The van der Waals surface area contributed by atoms with E-state index < -0.39 is 18.0 Å². The van der Waals surface area contributed by atoms with Crippen molar-refractivity contribution < 1.29 is 14.3 Å². The van der Waals surface area contributed by atoms with Crippen LogP contribution in [-0.4, -0.2) is 23.0 Å². The normalized spacial score (nSPS) is 11.6. The van der Waals surface area contributed by atoms with Crippen molar-refractivity contribution in [3.05, 3.63) is 63.8 Å². The van der Waals surface area contributed by atoms with Crippen molar-refractivity contribution in [2.24, 2.45) is 0 Å². The first-order valence-corrected chi connectivity index (χ1v) is 8.64. The lowest BCUT2D eigenvalue weighted by atomic mass is 10.2. The number of carbonyl (C=O) groups is 2. The average Bonchev–Trinajstić information content (AvgIpc) is 2.99. The van der Waals surface area contributed by atoms with Gasteiger partial charge in [0, 0.05) is 16.6 Å². The van der Waals surface area contributed by atoms with Gasteiger partial charge in [0.1, 0.15) is 11.8 Å². The molecule has 1 heterocycles. The summed E-state index contributed by atoms with van der Waals surface area (Å²) < 4.78 is 5.20. The Morgan fingerprint density at radius 1 is 1.22 bits per heavy atom. The fourth-order valence-electron chi connectivity index (χ4n) is 2.45. The predicted octanol–water partition coefficient (Wildman–Crippen LogP) is 4.53. The van der Waals surface area contributed by atoms with Crippen molar-refractivity contribution in [3.8, 4) is 6.07 Å². The Labute approximate surface area is 164 Å². The minimum absolute atomic E-state index is 0.0823. The van der Waals surface area contributed by atoms with Gasteiger partial charge in [-0.2, -0.15) is 5.26 Å². The molecule has 1 aromatic heterocycles. The molecule has 0 fully saturated rings. The van der Waals surface area contributed by atoms with E-state index in [2.05, 4.69) is 10.3 Å². The van der Waals surface area contributed by atoms with Gasteiger partial charge in [-0.15, -0.1) is 0 Å². The lowest BCUT2D eigenvalue weighted by Crippen LogP contribution is -2.30. The van der Waals surface area contributed by atoms with Crippen LogP contribution in [0.1, 0.15) is 23.0 Å². The minimum Gasteiger partial charge on any atom is -0.448 e. The third-order valence-corrected chi connectivity index (χ3v) is 4.56. The first kappa shape index (κ1) is 18.8. The monoisotopic (exact) mass is 401 g/mol. The third-order valence-electron chi connectivity index (χ3n) is 3.86. The maximum absolute atomic E-state index is 12.4. The number of anilines is 1. The number of nitrogens with one attached hydrogen (secondary N) is 2. The number of carbonyl (C=O) groups excluding carboxylic acids is 2. The Balaban J connectivity index is 1.70. The summed E-state index contributed by atoms with van der Waals surface area (Å²) in [6, 6.07) is 13.6. The van der Waals surface area contributed by atoms with Crippen LogP contribution in [0.4, 0.5) is 5.69 Å². The number of rotatable bonds is 4. The van der Waals surface area contributed by atoms with Crippen molar-refractivity contribution >= 4 is 51.7 Å². The number of halogens is 2. The van der Waals surface area contributed by atoms with Crippen LogP contribution in [0.2, 0.25) is 10.0 Å². The van der Waals surface area contributed by atoms with Gasteiger partial charge in [0.15, 0.2) is 6.10 Å². The number of esters is 1. The predicted molar refractivity (Wildman–Crippen MR) is 103 cm³/mol. The van der Waals surface area contributed by atoms with E-state index in [0.717, 1.165) is 0 Å². The summed E-state index contributed by atoms with van der Waals surface area (Å²) in [6.45, 7) is 1.44. The summed E-state index contributed by atoms with van der Waals surface area (Å²) >= 11 is 12.2. The molecule has 1 atom stereocenters. The molecule has 1 unspecified atom stereocenters. The quantitative estimate of drug-likeness (QED) is 0.627. The van der Waals surface area contributed by atoms with Crippen molar-refractivity contribution in [2.45, 2.75) is 13.0 Å². The second-order valence-electron chi connectivity index (χ2n) is 5.70. The average molecular weight is 402 g/mol. The fraction of sp³-hybridized carbons (Fsp3) is 0.105. The molecule has 0 aliphatic heterocycles. The van der Waals surface area contributed by atoms with Crippen molar-refractivity contribution in [1.82, 2.24) is 4.98 Å². The first-order chi connectivity index (χ1) is 12.9. The van der Waals surface area contributed by atoms with E-state index in [1.807, 2.05) is 12.1 Å². The van der Waals surface area contributed by atoms with Crippen LogP contribution in [0.5, 0.6) is 0 Å². The van der Waals surface area contributed by atoms with Gasteiger partial charge in [0.25, 0.3) is 5.91 Å². The van der Waals surface area contributed by atoms with E-state index in [1.165, 1.54) is 25.1 Å². The molecule has 136 valence electrons. The van der Waals surface area contributed by atoms with Gasteiger partial charge < -0.3 is 15.0 Å². The summed E-state index contributed by atoms with van der Waals surface area (Å²) in [5.74, 6) is -1.28. The highest BCUT2D eigenvalue weighted by Crippen LogP contribution is 2.28. The zero-order valence-electron chi connectivity index (χ0n) is 14.0. The molecule has 0 spiro atoms. The molecule has 0 radical (unpaired) electrons. The number of nitrogens with zero attached hydrogens (tertiary/aromatic N) is 1. The third kappa shape index (κ3) is 3.90. The molecule has 27 heavy (non-hydrogen) atoms. The molecule has 2 N–H and O–H groups in total. The van der Waals surface area contributed by atoms with Crippen molar-refractivity contribution in [2.75, 3.05) is 5.32 Å². The first-order valence-electron chi connectivity index (χ1n) is 7.88. The lowest BCUT2D eigenvalue weighted by Gasteiger charge is -2.13. The zero-order valence-corrected chi connectivity index (χ0v) is 15.6. The summed E-state index contributed by atoms with van der Waals surface area (Å²) in [5, 5.41) is 12.6. The van der Waals surface area contributed by atoms with Crippen molar-refractivity contribution in [1.29, 1.82) is 5.26 Å². The number of ether oxygens (including phenoxy) is 1. The molecular formula is C19H13Cl2N3O3. The lowest BCUT2D eigenvalue weighted by molar-refractivity contribution is -0.123. The SMILES string of the molecule is CC(OC(=O)c1[nH]c2ccccc2c1Cl)C(=O)Nc1ccc(C#N)c(Cl)c1. The molecule has 0 aliphatic rings. The second-order valence-corrected chi connectivity index (χ2v) is 6.49. The molecule has 8 heteroatoms. The highest BCUT2D eigenvalue weighted by atomic mass is 35.5. The Bertz CT molecular complexity index is 1090. The van der Waals surface area contributed by atoms with Crippen LogP contribution in [-0.2, 0) is 9.53 Å². The van der Waals surface area contributed by atoms with E-state index in [0.29, 0.717) is 22.2 Å². The van der Waals surface area contributed by atoms with Crippen LogP contribution in [0.3, 0.4) is 0 Å². The number of aromatic nitrogens is 1. The van der Waals surface area contributed by atoms with Gasteiger partial charge in [-0.1, -0.05) is 41.4 Å². The minimum atomic E-state index is -1.07. The van der Waals surface area contributed by atoms with Crippen LogP contribution in [0.25, 0.3) is 10.9 Å². The molecule has 0 saturated heterocycles. The Morgan fingerprint density at radius 2 is 1.96 bits per heavy atom. The maximum atomic E-state index is 12.4. The smallest absolute Gasteiger partial charge is 0.357 e. The number of H-pyrrole nitrogens is 1. The van der Waals surface area contributed by atoms with E-state index in [1.54, 1.807) is 18.2 Å². The van der Waals surface area contributed by atoms with E-state index >= 15 is 0 Å². The van der Waals surface area contributed by atoms with Gasteiger partial charge in [-0.25, -0.2) is 4.79 Å². The van der Waals surface area contributed by atoms with Crippen LogP contribution < -0.4 is 5.32 Å². The van der Waals surface area contributed by atoms with Crippen LogP contribution in [0, 0.1) is 11.3 Å². The van der Waals surface area contributed by atoms with Gasteiger partial charge >= 0.3 is 5.97 Å². The summed E-state index contributed by atoms with van der Waals surface area (Å²) in [6.07, 6.45) is -1.07. The number of aromatic amines is 1.